The van der Waals surface area contributed by atoms with Gasteiger partial charge in [-0.25, -0.2) is 19.1 Å². The van der Waals surface area contributed by atoms with Crippen LogP contribution in [-0.4, -0.2) is 81.7 Å². The third-order valence-corrected chi connectivity index (χ3v) is 6.00. The fraction of sp³-hybridized carbons (Fsp3) is 0.278. The van der Waals surface area contributed by atoms with Gasteiger partial charge in [-0.2, -0.15) is 4.98 Å². The number of nitrogens with zero attached hydrogens (tertiary/aromatic N) is 3. The SMILES string of the molecule is Nc1nc2c(ncn2[C@@H]2O[C@H](COP(=O)(O)Oc3cc(C(=O)O)cc(C(=O)O)c3)[C@@H](O)[C@H]2O)c(=O)[nH]1. The van der Waals surface area contributed by atoms with Crippen LogP contribution in [0.25, 0.3) is 11.2 Å². The molecule has 18 heteroatoms. The first-order chi connectivity index (χ1) is 16.9. The monoisotopic (exact) mass is 527 g/mol. The topological polar surface area (TPSA) is 270 Å². The Labute approximate surface area is 198 Å². The second-order valence-electron chi connectivity index (χ2n) is 7.53. The molecule has 1 saturated heterocycles. The number of nitrogens with one attached hydrogen (secondary N) is 1. The standard InChI is InChI=1S/C18H18N5O12P/c19-18-21-13-10(14(26)22-18)20-5-23(13)15-12(25)11(24)9(34-15)4-33-36(31,32)35-8-2-6(16(27)28)1-7(3-8)17(29)30/h1-3,5,9,11-12,15,24-25H,4H2,(H,27,28)(H,29,30)(H,31,32)(H3,19,21,22,26)/t9-,11-,12-,15-/m1/s1. The van der Waals surface area contributed by atoms with Crippen molar-refractivity contribution in [2.24, 2.45) is 0 Å². The van der Waals surface area contributed by atoms with Crippen molar-refractivity contribution in [3.63, 3.8) is 0 Å². The first-order valence-electron chi connectivity index (χ1n) is 9.89. The van der Waals surface area contributed by atoms with E-state index < -0.39 is 73.3 Å². The van der Waals surface area contributed by atoms with E-state index in [1.807, 2.05) is 0 Å². The molecule has 1 aliphatic heterocycles. The number of ether oxygens (including phenoxy) is 1. The first kappa shape index (κ1) is 25.2. The Morgan fingerprint density at radius 1 is 1.17 bits per heavy atom. The number of hydrogen-bond acceptors (Lipinski definition) is 12. The van der Waals surface area contributed by atoms with E-state index in [2.05, 4.69) is 15.0 Å². The number of aliphatic hydroxyl groups is 2. The molecule has 1 unspecified atom stereocenters. The largest absolute Gasteiger partial charge is 0.527 e. The average molecular weight is 527 g/mol. The molecule has 4 rings (SSSR count). The predicted molar refractivity (Wildman–Crippen MR) is 115 cm³/mol. The number of aromatic carboxylic acids is 2. The normalized spacial score (nSPS) is 23.4. The van der Waals surface area contributed by atoms with Crippen LogP contribution in [0.1, 0.15) is 26.9 Å². The summed E-state index contributed by atoms with van der Waals surface area (Å²) in [6.07, 6.45) is -4.85. The van der Waals surface area contributed by atoms with Gasteiger partial charge in [0.05, 0.1) is 24.1 Å². The number of H-pyrrole nitrogens is 1. The van der Waals surface area contributed by atoms with Crippen LogP contribution in [0.3, 0.4) is 0 Å². The third kappa shape index (κ3) is 4.92. The van der Waals surface area contributed by atoms with E-state index in [0.29, 0.717) is 0 Å². The Bertz CT molecular complexity index is 1420. The minimum Gasteiger partial charge on any atom is -0.478 e. The van der Waals surface area contributed by atoms with Crippen molar-refractivity contribution >= 4 is 36.9 Å². The highest BCUT2D eigenvalue weighted by molar-refractivity contribution is 7.47. The second kappa shape index (κ2) is 9.30. The number of rotatable bonds is 8. The maximum Gasteiger partial charge on any atom is 0.527 e. The molecule has 0 amide bonds. The van der Waals surface area contributed by atoms with Crippen molar-refractivity contribution in [2.45, 2.75) is 24.5 Å². The van der Waals surface area contributed by atoms with Crippen LogP contribution in [-0.2, 0) is 13.8 Å². The number of anilines is 1. The number of phosphoric acid groups is 1. The highest BCUT2D eigenvalue weighted by Crippen LogP contribution is 2.45. The van der Waals surface area contributed by atoms with Crippen molar-refractivity contribution in [2.75, 3.05) is 12.3 Å². The number of aromatic amines is 1. The van der Waals surface area contributed by atoms with Crippen molar-refractivity contribution in [1.82, 2.24) is 19.5 Å². The van der Waals surface area contributed by atoms with Crippen LogP contribution in [0.15, 0.2) is 29.3 Å². The minimum absolute atomic E-state index is 0.0576. The fourth-order valence-electron chi connectivity index (χ4n) is 3.45. The molecule has 5 atom stereocenters. The average Bonchev–Trinajstić information content (AvgIpc) is 3.33. The molecule has 1 fully saturated rings. The molecule has 17 nitrogen and oxygen atoms in total. The molecule has 0 saturated carbocycles. The van der Waals surface area contributed by atoms with Gasteiger partial charge in [0.1, 0.15) is 24.1 Å². The van der Waals surface area contributed by atoms with Gasteiger partial charge in [0.25, 0.3) is 5.56 Å². The van der Waals surface area contributed by atoms with Crippen LogP contribution in [0.4, 0.5) is 5.95 Å². The summed E-state index contributed by atoms with van der Waals surface area (Å²) in [7, 11) is -5.00. The Morgan fingerprint density at radius 3 is 2.42 bits per heavy atom. The lowest BCUT2D eigenvalue weighted by molar-refractivity contribution is -0.0501. The number of aromatic nitrogens is 4. The summed E-state index contributed by atoms with van der Waals surface area (Å²) in [5, 5.41) is 39.0. The molecule has 0 radical (unpaired) electrons. The van der Waals surface area contributed by atoms with Crippen molar-refractivity contribution in [3.05, 3.63) is 46.0 Å². The molecule has 36 heavy (non-hydrogen) atoms. The van der Waals surface area contributed by atoms with Gasteiger partial charge in [-0.1, -0.05) is 0 Å². The summed E-state index contributed by atoms with van der Waals surface area (Å²) < 4.78 is 28.6. The summed E-state index contributed by atoms with van der Waals surface area (Å²) in [6.45, 7) is -0.796. The van der Waals surface area contributed by atoms with Gasteiger partial charge < -0.3 is 35.4 Å². The number of phosphoric ester groups is 1. The summed E-state index contributed by atoms with van der Waals surface area (Å²) in [4.78, 5) is 54.4. The molecule has 1 aromatic carbocycles. The van der Waals surface area contributed by atoms with Gasteiger partial charge in [-0.15, -0.1) is 0 Å². The molecule has 0 bridgehead atoms. The van der Waals surface area contributed by atoms with Crippen LogP contribution in [0.5, 0.6) is 5.75 Å². The Morgan fingerprint density at radius 2 is 1.81 bits per heavy atom. The van der Waals surface area contributed by atoms with Gasteiger partial charge in [0, 0.05) is 0 Å². The highest BCUT2D eigenvalue weighted by Gasteiger charge is 2.45. The number of carbonyl (C=O) groups is 2. The number of carboxylic acids is 2. The van der Waals surface area contributed by atoms with Crippen LogP contribution in [0, 0.1) is 0 Å². The zero-order valence-electron chi connectivity index (χ0n) is 17.8. The number of nitrogens with two attached hydrogens (primary N) is 1. The molecule has 192 valence electrons. The zero-order valence-corrected chi connectivity index (χ0v) is 18.7. The van der Waals surface area contributed by atoms with Gasteiger partial charge >= 0.3 is 19.8 Å². The van der Waals surface area contributed by atoms with Gasteiger partial charge in [0.15, 0.2) is 17.4 Å². The number of benzene rings is 1. The lowest BCUT2D eigenvalue weighted by atomic mass is 10.1. The number of fused-ring (bicyclic) bond motifs is 1. The quantitative estimate of drug-likeness (QED) is 0.172. The van der Waals surface area contributed by atoms with Crippen LogP contribution >= 0.6 is 7.82 Å². The molecule has 0 aliphatic carbocycles. The summed E-state index contributed by atoms with van der Waals surface area (Å²) in [6, 6.07) is 2.44. The van der Waals surface area contributed by atoms with Gasteiger partial charge in [-0.05, 0) is 18.2 Å². The Kier molecular flexibility index (Phi) is 6.52. The fourth-order valence-corrected chi connectivity index (χ4v) is 4.21. The summed E-state index contributed by atoms with van der Waals surface area (Å²) in [5.41, 5.74) is 3.66. The number of carboxylic acid groups (broad SMARTS) is 2. The van der Waals surface area contributed by atoms with Crippen LogP contribution in [0.2, 0.25) is 0 Å². The Hall–Kier alpha value is -3.86. The van der Waals surface area contributed by atoms with E-state index in [9.17, 15) is 34.1 Å². The molecule has 3 heterocycles. The van der Waals surface area contributed by atoms with E-state index in [1.165, 1.54) is 0 Å². The molecule has 1 aliphatic rings. The highest BCUT2D eigenvalue weighted by atomic mass is 31.2. The van der Waals surface area contributed by atoms with Gasteiger partial charge in [-0.3, -0.25) is 23.8 Å². The van der Waals surface area contributed by atoms with E-state index in [4.69, 9.17) is 29.7 Å². The number of aliphatic hydroxyl groups excluding tert-OH is 2. The lowest BCUT2D eigenvalue weighted by Crippen LogP contribution is -2.33. The number of imidazole rings is 1. The van der Waals surface area contributed by atoms with E-state index in [1.54, 1.807) is 0 Å². The van der Waals surface area contributed by atoms with Crippen LogP contribution < -0.4 is 15.8 Å². The smallest absolute Gasteiger partial charge is 0.478 e. The number of nitrogen functional groups attached to an aromatic ring is 1. The maximum atomic E-state index is 12.4. The minimum atomic E-state index is -5.00. The molecular formula is C18H18N5O12P. The van der Waals surface area contributed by atoms with Gasteiger partial charge in [0.2, 0.25) is 5.95 Å². The maximum absolute atomic E-state index is 12.4. The number of hydrogen-bond donors (Lipinski definition) is 7. The molecular weight excluding hydrogens is 509 g/mol. The van der Waals surface area contributed by atoms with Crippen molar-refractivity contribution < 1.29 is 53.3 Å². The zero-order chi connectivity index (χ0) is 26.4. The second-order valence-corrected chi connectivity index (χ2v) is 8.91. The van der Waals surface area contributed by atoms with E-state index in [0.717, 1.165) is 29.1 Å². The molecule has 3 aromatic rings. The third-order valence-electron chi connectivity index (χ3n) is 5.09. The summed E-state index contributed by atoms with van der Waals surface area (Å²) >= 11 is 0. The summed E-state index contributed by atoms with van der Waals surface area (Å²) in [5.74, 6) is -3.84. The molecule has 0 spiro atoms. The molecule has 2 aromatic heterocycles. The Balaban J connectivity index is 1.49. The van der Waals surface area contributed by atoms with E-state index >= 15 is 0 Å². The van der Waals surface area contributed by atoms with E-state index in [-0.39, 0.29) is 17.1 Å². The first-order valence-corrected chi connectivity index (χ1v) is 11.4. The van der Waals surface area contributed by atoms with Crippen molar-refractivity contribution in [3.8, 4) is 5.75 Å². The van der Waals surface area contributed by atoms with Crippen molar-refractivity contribution in [1.29, 1.82) is 0 Å². The lowest BCUT2D eigenvalue weighted by Gasteiger charge is -2.18. The predicted octanol–water partition coefficient (Wildman–Crippen LogP) is -1.09. The molecule has 8 N–H and O–H groups in total.